The van der Waals surface area contributed by atoms with Crippen LogP contribution < -0.4 is 5.32 Å². The fourth-order valence-corrected chi connectivity index (χ4v) is 2.65. The first kappa shape index (κ1) is 15.5. The third-order valence-electron chi connectivity index (χ3n) is 3.89. The van der Waals surface area contributed by atoms with Crippen LogP contribution in [0.5, 0.6) is 0 Å². The lowest BCUT2D eigenvalue weighted by Gasteiger charge is -2.24. The van der Waals surface area contributed by atoms with Crippen LogP contribution in [0.3, 0.4) is 0 Å². The lowest BCUT2D eigenvalue weighted by molar-refractivity contribution is -0.133. The van der Waals surface area contributed by atoms with Crippen molar-refractivity contribution in [3.05, 3.63) is 35.9 Å². The Morgan fingerprint density at radius 3 is 2.62 bits per heavy atom. The van der Waals surface area contributed by atoms with E-state index >= 15 is 0 Å². The van der Waals surface area contributed by atoms with Crippen molar-refractivity contribution in [1.29, 1.82) is 0 Å². The molecule has 2 rings (SSSR count). The van der Waals surface area contributed by atoms with Gasteiger partial charge in [0.2, 0.25) is 11.8 Å². The normalized spacial score (nSPS) is 19.3. The van der Waals surface area contributed by atoms with E-state index in [9.17, 15) is 9.59 Å². The molecule has 1 heterocycles. The van der Waals surface area contributed by atoms with E-state index in [1.54, 1.807) is 0 Å². The molecule has 1 fully saturated rings. The summed E-state index contributed by atoms with van der Waals surface area (Å²) in [7, 11) is 0. The average molecular weight is 288 g/mol. The van der Waals surface area contributed by atoms with E-state index in [1.807, 2.05) is 35.2 Å². The summed E-state index contributed by atoms with van der Waals surface area (Å²) in [6, 6.07) is 8.95. The predicted molar refractivity (Wildman–Crippen MR) is 82.7 cm³/mol. The highest BCUT2D eigenvalue weighted by Crippen LogP contribution is 2.19. The number of nitrogens with zero attached hydrogens (tertiary/aromatic N) is 1. The molecule has 0 saturated carbocycles. The van der Waals surface area contributed by atoms with E-state index in [-0.39, 0.29) is 11.8 Å². The smallest absolute Gasteiger partial charge is 0.249 e. The minimum absolute atomic E-state index is 0.0172. The average Bonchev–Trinajstić information content (AvgIpc) is 2.65. The fraction of sp³-hybridized carbons (Fsp3) is 0.529. The van der Waals surface area contributed by atoms with Crippen LogP contribution in [0, 0.1) is 0 Å². The number of hydrogen-bond acceptors (Lipinski definition) is 2. The largest absolute Gasteiger partial charge is 0.340 e. The molecule has 0 spiro atoms. The highest BCUT2D eigenvalue weighted by atomic mass is 16.2. The Bertz CT molecular complexity index is 473. The number of benzene rings is 1. The van der Waals surface area contributed by atoms with Gasteiger partial charge in [0.1, 0.15) is 6.04 Å². The molecule has 0 bridgehead atoms. The van der Waals surface area contributed by atoms with Crippen LogP contribution in [0.25, 0.3) is 0 Å². The standard InChI is InChI=1S/C17H24N2O2/c1-2-3-4-8-12-19-13-11-15(20)18-16(17(19)21)14-9-6-5-7-10-14/h5-7,9-10,16H,2-4,8,11-13H2,1H3,(H,18,20). The number of carbonyl (C=O) groups excluding carboxylic acids is 2. The topological polar surface area (TPSA) is 49.4 Å². The van der Waals surface area contributed by atoms with Crippen LogP contribution in [0.15, 0.2) is 30.3 Å². The van der Waals surface area contributed by atoms with Crippen molar-refractivity contribution in [2.75, 3.05) is 13.1 Å². The third-order valence-corrected chi connectivity index (χ3v) is 3.89. The van der Waals surface area contributed by atoms with Gasteiger partial charge < -0.3 is 10.2 Å². The van der Waals surface area contributed by atoms with Gasteiger partial charge in [-0.1, -0.05) is 56.5 Å². The Hall–Kier alpha value is -1.84. The maximum absolute atomic E-state index is 12.7. The lowest BCUT2D eigenvalue weighted by atomic mass is 10.1. The molecule has 4 nitrogen and oxygen atoms in total. The summed E-state index contributed by atoms with van der Waals surface area (Å²) in [6.45, 7) is 3.45. The molecule has 1 aromatic rings. The molecule has 114 valence electrons. The van der Waals surface area contributed by atoms with Crippen LogP contribution in [0.2, 0.25) is 0 Å². The van der Waals surface area contributed by atoms with Crippen LogP contribution in [0.4, 0.5) is 0 Å². The first-order valence-corrected chi connectivity index (χ1v) is 7.85. The Balaban J connectivity index is 2.05. The minimum atomic E-state index is -0.535. The second kappa shape index (κ2) is 7.81. The second-order valence-electron chi connectivity index (χ2n) is 5.55. The van der Waals surface area contributed by atoms with Gasteiger partial charge in [-0.25, -0.2) is 0 Å². The van der Waals surface area contributed by atoms with Crippen molar-refractivity contribution in [3.8, 4) is 0 Å². The SMILES string of the molecule is CCCCCCN1CCC(=O)NC(c2ccccc2)C1=O. The quantitative estimate of drug-likeness (QED) is 0.818. The second-order valence-corrected chi connectivity index (χ2v) is 5.55. The molecule has 1 aliphatic rings. The summed E-state index contributed by atoms with van der Waals surface area (Å²) in [5, 5.41) is 2.85. The maximum atomic E-state index is 12.7. The zero-order valence-electron chi connectivity index (χ0n) is 12.7. The van der Waals surface area contributed by atoms with Gasteiger partial charge in [-0.05, 0) is 12.0 Å². The Morgan fingerprint density at radius 1 is 1.14 bits per heavy atom. The molecular weight excluding hydrogens is 264 g/mol. The lowest BCUT2D eigenvalue weighted by Crippen LogP contribution is -2.38. The molecule has 1 saturated heterocycles. The molecule has 2 amide bonds. The highest BCUT2D eigenvalue weighted by Gasteiger charge is 2.30. The third kappa shape index (κ3) is 4.31. The number of unbranched alkanes of at least 4 members (excludes halogenated alkanes) is 3. The summed E-state index contributed by atoms with van der Waals surface area (Å²) in [6.07, 6.45) is 4.91. The van der Waals surface area contributed by atoms with E-state index in [4.69, 9.17) is 0 Å². The van der Waals surface area contributed by atoms with E-state index in [2.05, 4.69) is 12.2 Å². The van der Waals surface area contributed by atoms with Gasteiger partial charge in [0, 0.05) is 19.5 Å². The number of rotatable bonds is 6. The van der Waals surface area contributed by atoms with E-state index < -0.39 is 6.04 Å². The molecule has 1 aliphatic heterocycles. The van der Waals surface area contributed by atoms with Gasteiger partial charge in [0.05, 0.1) is 0 Å². The van der Waals surface area contributed by atoms with Crippen LogP contribution in [0.1, 0.15) is 50.6 Å². The summed E-state index contributed by atoms with van der Waals surface area (Å²) in [4.78, 5) is 26.3. The van der Waals surface area contributed by atoms with Crippen LogP contribution in [-0.4, -0.2) is 29.8 Å². The highest BCUT2D eigenvalue weighted by molar-refractivity contribution is 5.90. The van der Waals surface area contributed by atoms with Gasteiger partial charge in [0.15, 0.2) is 0 Å². The summed E-state index contributed by atoms with van der Waals surface area (Å²) in [5.74, 6) is -0.0307. The number of hydrogen-bond donors (Lipinski definition) is 1. The van der Waals surface area contributed by atoms with Crippen molar-refractivity contribution >= 4 is 11.8 Å². The van der Waals surface area contributed by atoms with Crippen LogP contribution in [-0.2, 0) is 9.59 Å². The van der Waals surface area contributed by atoms with Gasteiger partial charge in [0.25, 0.3) is 0 Å². The molecule has 4 heteroatoms. The molecular formula is C17H24N2O2. The van der Waals surface area contributed by atoms with Gasteiger partial charge in [-0.2, -0.15) is 0 Å². The Labute approximate surface area is 126 Å². The Morgan fingerprint density at radius 2 is 1.90 bits per heavy atom. The van der Waals surface area contributed by atoms with E-state index in [0.29, 0.717) is 13.0 Å². The molecule has 1 atom stereocenters. The first-order chi connectivity index (χ1) is 10.2. The molecule has 1 N–H and O–H groups in total. The van der Waals surface area contributed by atoms with Crippen molar-refractivity contribution in [2.24, 2.45) is 0 Å². The monoisotopic (exact) mass is 288 g/mol. The number of amides is 2. The zero-order chi connectivity index (χ0) is 15.1. The maximum Gasteiger partial charge on any atom is 0.249 e. The van der Waals surface area contributed by atoms with Gasteiger partial charge in [-0.3, -0.25) is 9.59 Å². The van der Waals surface area contributed by atoms with Crippen molar-refractivity contribution in [1.82, 2.24) is 10.2 Å². The van der Waals surface area contributed by atoms with Crippen molar-refractivity contribution in [2.45, 2.75) is 45.1 Å². The van der Waals surface area contributed by atoms with Crippen LogP contribution >= 0.6 is 0 Å². The molecule has 1 unspecified atom stereocenters. The van der Waals surface area contributed by atoms with Crippen molar-refractivity contribution < 1.29 is 9.59 Å². The van der Waals surface area contributed by atoms with Gasteiger partial charge >= 0.3 is 0 Å². The summed E-state index contributed by atoms with van der Waals surface area (Å²) >= 11 is 0. The molecule has 1 aromatic carbocycles. The summed E-state index contributed by atoms with van der Waals surface area (Å²) < 4.78 is 0. The molecule has 0 aromatic heterocycles. The molecule has 0 aliphatic carbocycles. The Kier molecular flexibility index (Phi) is 5.78. The zero-order valence-corrected chi connectivity index (χ0v) is 12.7. The minimum Gasteiger partial charge on any atom is -0.340 e. The predicted octanol–water partition coefficient (Wildman–Crippen LogP) is 2.66. The molecule has 21 heavy (non-hydrogen) atoms. The summed E-state index contributed by atoms with van der Waals surface area (Å²) in [5.41, 5.74) is 0.858. The fourth-order valence-electron chi connectivity index (χ4n) is 2.65. The van der Waals surface area contributed by atoms with Gasteiger partial charge in [-0.15, -0.1) is 0 Å². The van der Waals surface area contributed by atoms with E-state index in [0.717, 1.165) is 24.9 Å². The molecule has 0 radical (unpaired) electrons. The number of carbonyl (C=O) groups is 2. The van der Waals surface area contributed by atoms with Crippen molar-refractivity contribution in [3.63, 3.8) is 0 Å². The number of nitrogens with one attached hydrogen (secondary N) is 1. The first-order valence-electron chi connectivity index (χ1n) is 7.85. The van der Waals surface area contributed by atoms with E-state index in [1.165, 1.54) is 12.8 Å².